The molecule has 0 aromatic heterocycles. The summed E-state index contributed by atoms with van der Waals surface area (Å²) in [6.45, 7) is 5.80. The molecule has 1 aliphatic heterocycles. The number of aryl methyl sites for hydroxylation is 1. The summed E-state index contributed by atoms with van der Waals surface area (Å²) in [5, 5.41) is 2.79. The molecule has 0 radical (unpaired) electrons. The van der Waals surface area contributed by atoms with Crippen molar-refractivity contribution in [2.24, 2.45) is 0 Å². The van der Waals surface area contributed by atoms with Crippen molar-refractivity contribution in [2.45, 2.75) is 19.8 Å². The number of amides is 2. The molecule has 2 amide bonds. The topological polar surface area (TPSA) is 52.7 Å². The first-order valence-electron chi connectivity index (χ1n) is 8.15. The molecule has 1 saturated heterocycles. The highest BCUT2D eigenvalue weighted by Crippen LogP contribution is 2.13. The maximum absolute atomic E-state index is 13.5. The van der Waals surface area contributed by atoms with Crippen molar-refractivity contribution in [2.75, 3.05) is 39.3 Å². The summed E-state index contributed by atoms with van der Waals surface area (Å²) in [6, 6.07) is 3.98. The number of carbonyl (C=O) groups is 2. The molecule has 132 valence electrons. The van der Waals surface area contributed by atoms with Gasteiger partial charge in [0.1, 0.15) is 0 Å². The second-order valence-electron chi connectivity index (χ2n) is 5.91. The van der Waals surface area contributed by atoms with Crippen LogP contribution in [0.2, 0.25) is 0 Å². The number of nitrogens with one attached hydrogen (secondary N) is 1. The van der Waals surface area contributed by atoms with Gasteiger partial charge in [-0.2, -0.15) is 0 Å². The third-order valence-electron chi connectivity index (χ3n) is 4.22. The largest absolute Gasteiger partial charge is 0.355 e. The fourth-order valence-electron chi connectivity index (χ4n) is 2.72. The number of nitrogens with zero attached hydrogens (tertiary/aromatic N) is 2. The minimum Gasteiger partial charge on any atom is -0.355 e. The van der Waals surface area contributed by atoms with Crippen LogP contribution in [0.3, 0.4) is 0 Å². The first kappa shape index (κ1) is 18.3. The molecular weight excluding hydrogens is 316 g/mol. The zero-order chi connectivity index (χ0) is 17.5. The summed E-state index contributed by atoms with van der Waals surface area (Å²) in [5.41, 5.74) is 0.213. The number of halogens is 2. The zero-order valence-corrected chi connectivity index (χ0v) is 13.9. The Morgan fingerprint density at radius 2 is 1.88 bits per heavy atom. The molecule has 1 fully saturated rings. The Hall–Kier alpha value is -2.02. The molecule has 0 spiro atoms. The van der Waals surface area contributed by atoms with Gasteiger partial charge in [-0.1, -0.05) is 12.1 Å². The van der Waals surface area contributed by atoms with E-state index in [1.807, 2.05) is 4.90 Å². The van der Waals surface area contributed by atoms with Gasteiger partial charge in [0.25, 0.3) is 0 Å². The maximum Gasteiger partial charge on any atom is 0.220 e. The van der Waals surface area contributed by atoms with Crippen molar-refractivity contribution < 1.29 is 18.4 Å². The van der Waals surface area contributed by atoms with Crippen LogP contribution >= 0.6 is 0 Å². The Morgan fingerprint density at radius 3 is 2.54 bits per heavy atom. The lowest BCUT2D eigenvalue weighted by molar-refractivity contribution is -0.130. The summed E-state index contributed by atoms with van der Waals surface area (Å²) in [7, 11) is 0. The van der Waals surface area contributed by atoms with Crippen molar-refractivity contribution in [3.05, 3.63) is 35.4 Å². The van der Waals surface area contributed by atoms with Crippen LogP contribution in [0.1, 0.15) is 18.9 Å². The average molecular weight is 339 g/mol. The molecular formula is C17H23F2N3O2. The highest BCUT2D eigenvalue weighted by molar-refractivity contribution is 5.76. The Morgan fingerprint density at radius 1 is 1.17 bits per heavy atom. The van der Waals surface area contributed by atoms with E-state index < -0.39 is 11.6 Å². The number of rotatable bonds is 6. The number of hydrogen-bond donors (Lipinski definition) is 1. The Kier molecular flexibility index (Phi) is 6.66. The van der Waals surface area contributed by atoms with E-state index >= 15 is 0 Å². The lowest BCUT2D eigenvalue weighted by Crippen LogP contribution is -2.49. The van der Waals surface area contributed by atoms with Crippen molar-refractivity contribution in [1.82, 2.24) is 15.1 Å². The normalized spacial score (nSPS) is 15.4. The third-order valence-corrected chi connectivity index (χ3v) is 4.22. The van der Waals surface area contributed by atoms with Gasteiger partial charge in [-0.15, -0.1) is 0 Å². The first-order valence-corrected chi connectivity index (χ1v) is 8.15. The smallest absolute Gasteiger partial charge is 0.220 e. The summed E-state index contributed by atoms with van der Waals surface area (Å²) in [5.74, 6) is -1.86. The van der Waals surface area contributed by atoms with Crippen LogP contribution in [0.25, 0.3) is 0 Å². The number of piperazine rings is 1. The minimum absolute atomic E-state index is 0.0903. The summed E-state index contributed by atoms with van der Waals surface area (Å²) in [6.07, 6.45) is 0.297. The summed E-state index contributed by atoms with van der Waals surface area (Å²) >= 11 is 0. The second kappa shape index (κ2) is 8.73. The molecule has 1 aromatic rings. The van der Waals surface area contributed by atoms with E-state index in [1.54, 1.807) is 6.92 Å². The number of benzene rings is 1. The van der Waals surface area contributed by atoms with Crippen LogP contribution in [-0.4, -0.2) is 60.9 Å². The Labute approximate surface area is 140 Å². The molecule has 0 atom stereocenters. The second-order valence-corrected chi connectivity index (χ2v) is 5.91. The molecule has 1 heterocycles. The SMILES string of the molecule is CC(=O)N1CCN(CCNC(=O)CCc2cccc(F)c2F)CC1. The lowest BCUT2D eigenvalue weighted by atomic mass is 10.1. The highest BCUT2D eigenvalue weighted by Gasteiger charge is 2.18. The fourth-order valence-corrected chi connectivity index (χ4v) is 2.72. The van der Waals surface area contributed by atoms with Crippen LogP contribution in [0.4, 0.5) is 8.78 Å². The molecule has 0 bridgehead atoms. The maximum atomic E-state index is 13.5. The molecule has 1 N–H and O–H groups in total. The van der Waals surface area contributed by atoms with Crippen molar-refractivity contribution >= 4 is 11.8 Å². The lowest BCUT2D eigenvalue weighted by Gasteiger charge is -2.34. The van der Waals surface area contributed by atoms with Gasteiger partial charge in [0.05, 0.1) is 0 Å². The average Bonchev–Trinajstić information content (AvgIpc) is 2.56. The molecule has 2 rings (SSSR count). The molecule has 7 heteroatoms. The van der Waals surface area contributed by atoms with Crippen molar-refractivity contribution in [1.29, 1.82) is 0 Å². The molecule has 0 unspecified atom stereocenters. The van der Waals surface area contributed by atoms with E-state index in [0.29, 0.717) is 26.2 Å². The van der Waals surface area contributed by atoms with Gasteiger partial charge in [0, 0.05) is 52.6 Å². The fraction of sp³-hybridized carbons (Fsp3) is 0.529. The Bertz CT molecular complexity index is 587. The molecule has 0 aliphatic carbocycles. The van der Waals surface area contributed by atoms with E-state index in [0.717, 1.165) is 19.2 Å². The van der Waals surface area contributed by atoms with Gasteiger partial charge in [-0.25, -0.2) is 8.78 Å². The van der Waals surface area contributed by atoms with E-state index in [9.17, 15) is 18.4 Å². The van der Waals surface area contributed by atoms with E-state index in [1.165, 1.54) is 12.1 Å². The summed E-state index contributed by atoms with van der Waals surface area (Å²) in [4.78, 5) is 27.0. The zero-order valence-electron chi connectivity index (χ0n) is 13.9. The summed E-state index contributed by atoms with van der Waals surface area (Å²) < 4.78 is 26.6. The third kappa shape index (κ3) is 5.26. The molecule has 5 nitrogen and oxygen atoms in total. The van der Waals surface area contributed by atoms with Crippen LogP contribution in [0.5, 0.6) is 0 Å². The van der Waals surface area contributed by atoms with Crippen LogP contribution < -0.4 is 5.32 Å². The van der Waals surface area contributed by atoms with E-state index in [2.05, 4.69) is 10.2 Å². The van der Waals surface area contributed by atoms with Crippen LogP contribution in [0.15, 0.2) is 18.2 Å². The molecule has 1 aliphatic rings. The number of carbonyl (C=O) groups excluding carboxylic acids is 2. The Balaban J connectivity index is 1.64. The van der Waals surface area contributed by atoms with Crippen molar-refractivity contribution in [3.8, 4) is 0 Å². The van der Waals surface area contributed by atoms with Crippen molar-refractivity contribution in [3.63, 3.8) is 0 Å². The quantitative estimate of drug-likeness (QED) is 0.847. The first-order chi connectivity index (χ1) is 11.5. The van der Waals surface area contributed by atoms with Gasteiger partial charge in [0.2, 0.25) is 11.8 Å². The molecule has 24 heavy (non-hydrogen) atoms. The van der Waals surface area contributed by atoms with Gasteiger partial charge >= 0.3 is 0 Å². The van der Waals surface area contributed by atoms with Gasteiger partial charge in [0.15, 0.2) is 11.6 Å². The van der Waals surface area contributed by atoms with Gasteiger partial charge < -0.3 is 10.2 Å². The monoisotopic (exact) mass is 339 g/mol. The van der Waals surface area contributed by atoms with Gasteiger partial charge in [-0.05, 0) is 18.1 Å². The van der Waals surface area contributed by atoms with E-state index in [-0.39, 0.29) is 30.2 Å². The van der Waals surface area contributed by atoms with E-state index in [4.69, 9.17) is 0 Å². The molecule has 1 aromatic carbocycles. The van der Waals surface area contributed by atoms with Gasteiger partial charge in [-0.3, -0.25) is 14.5 Å². The predicted molar refractivity (Wildman–Crippen MR) is 86.4 cm³/mol. The minimum atomic E-state index is -0.891. The standard InChI is InChI=1S/C17H23F2N3O2/c1-13(23)22-11-9-21(10-12-22)8-7-20-16(24)6-5-14-3-2-4-15(18)17(14)19/h2-4H,5-12H2,1H3,(H,20,24). The number of hydrogen-bond acceptors (Lipinski definition) is 3. The highest BCUT2D eigenvalue weighted by atomic mass is 19.2. The molecule has 0 saturated carbocycles. The van der Waals surface area contributed by atoms with Crippen LogP contribution in [-0.2, 0) is 16.0 Å². The van der Waals surface area contributed by atoms with Crippen LogP contribution in [0, 0.1) is 11.6 Å². The predicted octanol–water partition coefficient (Wildman–Crippen LogP) is 1.18.